The number of nitro groups is 1. The van der Waals surface area contributed by atoms with E-state index in [1.807, 2.05) is 42.5 Å². The van der Waals surface area contributed by atoms with E-state index in [9.17, 15) is 19.7 Å². The highest BCUT2D eigenvalue weighted by molar-refractivity contribution is 7.07. The number of thiazole rings is 1. The van der Waals surface area contributed by atoms with Crippen molar-refractivity contribution in [2.75, 3.05) is 13.7 Å². The summed E-state index contributed by atoms with van der Waals surface area (Å²) in [4.78, 5) is 43.2. The summed E-state index contributed by atoms with van der Waals surface area (Å²) in [7, 11) is 1.47. The van der Waals surface area contributed by atoms with E-state index in [1.54, 1.807) is 32.1 Å². The van der Waals surface area contributed by atoms with Crippen LogP contribution in [0.1, 0.15) is 31.2 Å². The molecular weight excluding hydrogens is 570 g/mol. The smallest absolute Gasteiger partial charge is 0.338 e. The summed E-state index contributed by atoms with van der Waals surface area (Å²) >= 11 is 1.18. The second-order valence-electron chi connectivity index (χ2n) is 9.71. The Labute approximate surface area is 248 Å². The van der Waals surface area contributed by atoms with Crippen LogP contribution in [0.4, 0.5) is 5.69 Å². The molecule has 1 atom stereocenters. The Bertz CT molecular complexity index is 2130. The highest BCUT2D eigenvalue weighted by Crippen LogP contribution is 2.36. The van der Waals surface area contributed by atoms with E-state index in [2.05, 4.69) is 4.99 Å². The van der Waals surface area contributed by atoms with Gasteiger partial charge in [0.15, 0.2) is 4.80 Å². The lowest BCUT2D eigenvalue weighted by Gasteiger charge is -2.25. The largest absolute Gasteiger partial charge is 0.496 e. The third-order valence-electron chi connectivity index (χ3n) is 7.19. The van der Waals surface area contributed by atoms with E-state index in [1.165, 1.54) is 41.2 Å². The number of carbonyl (C=O) groups is 1. The number of hydrogen-bond acceptors (Lipinski definition) is 9. The third-order valence-corrected chi connectivity index (χ3v) is 8.18. The van der Waals surface area contributed by atoms with Gasteiger partial charge in [0.1, 0.15) is 17.3 Å². The number of fused-ring (bicyclic) bond motifs is 2. The van der Waals surface area contributed by atoms with Crippen molar-refractivity contribution in [3.05, 3.63) is 125 Å². The van der Waals surface area contributed by atoms with Gasteiger partial charge in [0, 0.05) is 18.2 Å². The van der Waals surface area contributed by atoms with Gasteiger partial charge < -0.3 is 13.9 Å². The normalized spacial score (nSPS) is 14.9. The quantitative estimate of drug-likeness (QED) is 0.145. The van der Waals surface area contributed by atoms with Crippen LogP contribution >= 0.6 is 11.3 Å². The monoisotopic (exact) mass is 595 g/mol. The molecule has 11 heteroatoms. The number of methoxy groups -OCH3 is 1. The van der Waals surface area contributed by atoms with Crippen LogP contribution in [0.5, 0.6) is 5.75 Å². The van der Waals surface area contributed by atoms with Crippen LogP contribution in [-0.4, -0.2) is 29.2 Å². The number of rotatable bonds is 7. The van der Waals surface area contributed by atoms with Gasteiger partial charge in [0.2, 0.25) is 0 Å². The van der Waals surface area contributed by atoms with E-state index < -0.39 is 16.9 Å². The van der Waals surface area contributed by atoms with Crippen molar-refractivity contribution in [2.45, 2.75) is 19.9 Å². The van der Waals surface area contributed by atoms with Gasteiger partial charge in [-0.15, -0.1) is 0 Å². The number of benzene rings is 3. The number of hydrogen-bond donors (Lipinski definition) is 0. The van der Waals surface area contributed by atoms with E-state index in [0.717, 1.165) is 16.3 Å². The van der Waals surface area contributed by atoms with Gasteiger partial charge in [-0.05, 0) is 48.4 Å². The van der Waals surface area contributed by atoms with E-state index in [0.29, 0.717) is 43.4 Å². The number of non-ortho nitro benzene ring substituents is 1. The minimum atomic E-state index is -0.759. The molecule has 216 valence electrons. The molecule has 1 aliphatic rings. The van der Waals surface area contributed by atoms with Crippen LogP contribution in [-0.2, 0) is 9.53 Å². The molecule has 5 aromatic rings. The zero-order valence-corrected chi connectivity index (χ0v) is 24.2. The SMILES string of the molecule is CCOC(=O)C1=C(C)N=c2s/c(=C/c3ccc(-c4cc([N+](=O)[O-])ccc4OC)o3)c(=O)n2[C@H]1c1cccc2ccccc12. The fraction of sp³-hybridized carbons (Fsp3) is 0.156. The lowest BCUT2D eigenvalue weighted by molar-refractivity contribution is -0.384. The minimum Gasteiger partial charge on any atom is -0.496 e. The summed E-state index contributed by atoms with van der Waals surface area (Å²) < 4.78 is 18.7. The average Bonchev–Trinajstić information content (AvgIpc) is 3.59. The summed E-state index contributed by atoms with van der Waals surface area (Å²) in [5.74, 6) is 0.575. The molecule has 3 aromatic carbocycles. The summed E-state index contributed by atoms with van der Waals surface area (Å²) in [6.07, 6.45) is 1.60. The maximum atomic E-state index is 14.0. The predicted molar refractivity (Wildman–Crippen MR) is 162 cm³/mol. The highest BCUT2D eigenvalue weighted by atomic mass is 32.1. The minimum absolute atomic E-state index is 0.108. The van der Waals surface area contributed by atoms with E-state index in [4.69, 9.17) is 13.9 Å². The summed E-state index contributed by atoms with van der Waals surface area (Å²) in [5.41, 5.74) is 1.51. The molecule has 0 aliphatic carbocycles. The maximum absolute atomic E-state index is 14.0. The molecule has 43 heavy (non-hydrogen) atoms. The second kappa shape index (κ2) is 11.2. The van der Waals surface area contributed by atoms with Gasteiger partial charge >= 0.3 is 5.97 Å². The summed E-state index contributed by atoms with van der Waals surface area (Å²) in [6, 6.07) is 20.4. The van der Waals surface area contributed by atoms with Gasteiger partial charge in [0.05, 0.1) is 46.0 Å². The molecule has 0 spiro atoms. The van der Waals surface area contributed by atoms with E-state index >= 15 is 0 Å². The first kappa shape index (κ1) is 27.9. The lowest BCUT2D eigenvalue weighted by atomic mass is 9.91. The molecule has 0 saturated carbocycles. The molecule has 2 aromatic heterocycles. The molecule has 3 heterocycles. The first-order valence-electron chi connectivity index (χ1n) is 13.4. The van der Waals surface area contributed by atoms with Crippen LogP contribution < -0.4 is 19.6 Å². The van der Waals surface area contributed by atoms with Crippen molar-refractivity contribution in [1.82, 2.24) is 4.57 Å². The number of esters is 1. The van der Waals surface area contributed by atoms with Crippen LogP contribution in [0.15, 0.2) is 98.3 Å². The molecule has 0 saturated heterocycles. The average molecular weight is 596 g/mol. The summed E-state index contributed by atoms with van der Waals surface area (Å²) in [5, 5.41) is 13.2. The molecule has 0 bridgehead atoms. The van der Waals surface area contributed by atoms with Gasteiger partial charge in [-0.3, -0.25) is 19.5 Å². The topological polar surface area (TPSA) is 126 Å². The third kappa shape index (κ3) is 4.93. The van der Waals surface area contributed by atoms with Gasteiger partial charge in [-0.1, -0.05) is 53.8 Å². The van der Waals surface area contributed by atoms with Crippen molar-refractivity contribution < 1.29 is 23.6 Å². The van der Waals surface area contributed by atoms with Gasteiger partial charge in [-0.2, -0.15) is 0 Å². The molecule has 6 rings (SSSR count). The number of ether oxygens (including phenoxy) is 2. The number of carbonyl (C=O) groups excluding carboxylic acids is 1. The zero-order chi connectivity index (χ0) is 30.2. The van der Waals surface area contributed by atoms with Crippen LogP contribution in [0.25, 0.3) is 28.2 Å². The Morgan fingerprint density at radius 1 is 1.14 bits per heavy atom. The van der Waals surface area contributed by atoms with Crippen molar-refractivity contribution >= 4 is 39.8 Å². The number of nitro benzene ring substituents is 1. The Morgan fingerprint density at radius 3 is 2.70 bits per heavy atom. The Hall–Kier alpha value is -5.29. The van der Waals surface area contributed by atoms with Crippen molar-refractivity contribution in [3.63, 3.8) is 0 Å². The standard InChI is InChI=1S/C32H25N3O7S/c1-4-41-31(37)28-18(2)33-32-34(29(28)23-11-7-9-19-8-5-6-10-22(19)23)30(36)27(43-32)17-21-13-15-26(42-21)24-16-20(35(38)39)12-14-25(24)40-3/h5-17,29H,4H2,1-3H3/b27-17+/t29-/m0/s1. The number of allylic oxidation sites excluding steroid dienone is 1. The molecular formula is C32H25N3O7S. The molecule has 0 amide bonds. The molecule has 10 nitrogen and oxygen atoms in total. The van der Waals surface area contributed by atoms with Crippen LogP contribution in [0.2, 0.25) is 0 Å². The van der Waals surface area contributed by atoms with Crippen LogP contribution in [0.3, 0.4) is 0 Å². The van der Waals surface area contributed by atoms with Crippen LogP contribution in [0, 0.1) is 10.1 Å². The fourth-order valence-corrected chi connectivity index (χ4v) is 6.31. The lowest BCUT2D eigenvalue weighted by Crippen LogP contribution is -2.40. The first-order chi connectivity index (χ1) is 20.8. The highest BCUT2D eigenvalue weighted by Gasteiger charge is 2.34. The molecule has 0 unspecified atom stereocenters. The second-order valence-corrected chi connectivity index (χ2v) is 10.7. The van der Waals surface area contributed by atoms with Gasteiger partial charge in [0.25, 0.3) is 11.2 Å². The molecule has 0 radical (unpaired) electrons. The summed E-state index contributed by atoms with van der Waals surface area (Å²) in [6.45, 7) is 3.65. The first-order valence-corrected chi connectivity index (χ1v) is 14.2. The Morgan fingerprint density at radius 2 is 1.93 bits per heavy atom. The number of aromatic nitrogens is 1. The maximum Gasteiger partial charge on any atom is 0.338 e. The van der Waals surface area contributed by atoms with Crippen molar-refractivity contribution in [1.29, 1.82) is 0 Å². The number of furan rings is 1. The fourth-order valence-electron chi connectivity index (χ4n) is 5.28. The Kier molecular flexibility index (Phi) is 7.24. The van der Waals surface area contributed by atoms with Crippen molar-refractivity contribution in [3.8, 4) is 17.1 Å². The Balaban J connectivity index is 1.51. The predicted octanol–water partition coefficient (Wildman–Crippen LogP) is 5.13. The van der Waals surface area contributed by atoms with Gasteiger partial charge in [-0.25, -0.2) is 9.79 Å². The van der Waals surface area contributed by atoms with Crippen molar-refractivity contribution in [2.24, 2.45) is 4.99 Å². The zero-order valence-electron chi connectivity index (χ0n) is 23.4. The number of nitrogens with zero attached hydrogens (tertiary/aromatic N) is 3. The molecule has 0 fully saturated rings. The van der Waals surface area contributed by atoms with E-state index in [-0.39, 0.29) is 17.9 Å². The molecule has 0 N–H and O–H groups in total. The molecule has 1 aliphatic heterocycles.